The summed E-state index contributed by atoms with van der Waals surface area (Å²) in [6.07, 6.45) is -0.590. The Morgan fingerprint density at radius 3 is 2.24 bits per heavy atom. The quantitative estimate of drug-likeness (QED) is 0.234. The molecule has 172 valence electrons. The zero-order valence-corrected chi connectivity index (χ0v) is 20.2. The molecule has 0 N–H and O–H groups in total. The topological polar surface area (TPSA) is 63.7 Å². The summed E-state index contributed by atoms with van der Waals surface area (Å²) in [5.74, 6) is -2.41. The Morgan fingerprint density at radius 2 is 1.58 bits per heavy atom. The molecule has 0 aliphatic rings. The predicted octanol–water partition coefficient (Wildman–Crippen LogP) is 5.98. The number of carbonyl (C=O) groups is 3. The van der Waals surface area contributed by atoms with Gasteiger partial charge in [0.05, 0.1) is 6.42 Å². The maximum atomic E-state index is 13.1. The number of ketones is 1. The van der Waals surface area contributed by atoms with E-state index in [1.807, 2.05) is 42.5 Å². The Hall–Kier alpha value is -2.89. The monoisotopic (exact) mass is 485 g/mol. The van der Waals surface area contributed by atoms with Gasteiger partial charge in [-0.2, -0.15) is 0 Å². The molecule has 0 aliphatic heterocycles. The second-order valence-corrected chi connectivity index (χ2v) is 9.61. The van der Waals surface area contributed by atoms with Gasteiger partial charge in [0.1, 0.15) is 5.60 Å². The minimum Gasteiger partial charge on any atom is -0.454 e. The number of carbonyl (C=O) groups excluding carboxylic acids is 3. The highest BCUT2D eigenvalue weighted by atomic mass is 35.5. The SMILES string of the molecule is CC(C)(C)OC(=O)C(=O)CC(=O)N(Cc1ccc2ccccc2c1)Cc1ccc(Cl)cc1Cl. The molecule has 0 fully saturated rings. The first kappa shape index (κ1) is 24.7. The lowest BCUT2D eigenvalue weighted by molar-refractivity contribution is -0.163. The van der Waals surface area contributed by atoms with E-state index < -0.39 is 29.7 Å². The van der Waals surface area contributed by atoms with Crippen molar-refractivity contribution in [1.82, 2.24) is 4.90 Å². The Bertz CT molecular complexity index is 1200. The van der Waals surface area contributed by atoms with Crippen LogP contribution in [0.4, 0.5) is 0 Å². The van der Waals surface area contributed by atoms with E-state index >= 15 is 0 Å². The van der Waals surface area contributed by atoms with Gasteiger partial charge in [0.15, 0.2) is 0 Å². The molecule has 0 unspecified atom stereocenters. The molecule has 0 atom stereocenters. The van der Waals surface area contributed by atoms with Crippen LogP contribution in [0.2, 0.25) is 10.0 Å². The third-order valence-electron chi connectivity index (χ3n) is 4.85. The first-order chi connectivity index (χ1) is 15.5. The van der Waals surface area contributed by atoms with Gasteiger partial charge >= 0.3 is 5.97 Å². The number of fused-ring (bicyclic) bond motifs is 1. The summed E-state index contributed by atoms with van der Waals surface area (Å²) < 4.78 is 5.10. The van der Waals surface area contributed by atoms with E-state index in [1.54, 1.807) is 39.0 Å². The van der Waals surface area contributed by atoms with Crippen LogP contribution >= 0.6 is 23.2 Å². The molecule has 33 heavy (non-hydrogen) atoms. The molecule has 5 nitrogen and oxygen atoms in total. The molecule has 1 amide bonds. The van der Waals surface area contributed by atoms with Crippen molar-refractivity contribution in [3.8, 4) is 0 Å². The molecule has 0 saturated carbocycles. The lowest BCUT2D eigenvalue weighted by atomic mass is 10.1. The Kier molecular flexibility index (Phi) is 7.77. The lowest BCUT2D eigenvalue weighted by Gasteiger charge is -2.24. The van der Waals surface area contributed by atoms with Gasteiger partial charge in [0.25, 0.3) is 0 Å². The van der Waals surface area contributed by atoms with Crippen molar-refractivity contribution in [2.45, 2.75) is 45.9 Å². The highest BCUT2D eigenvalue weighted by molar-refractivity contribution is 6.37. The second kappa shape index (κ2) is 10.4. The van der Waals surface area contributed by atoms with Crippen LogP contribution in [0.1, 0.15) is 38.3 Å². The fraction of sp³-hybridized carbons (Fsp3) is 0.269. The van der Waals surface area contributed by atoms with E-state index in [2.05, 4.69) is 0 Å². The molecule has 3 aromatic carbocycles. The molecule has 0 saturated heterocycles. The fourth-order valence-corrected chi connectivity index (χ4v) is 3.77. The number of Topliss-reactive ketones (excluding diaryl/α,β-unsaturated/α-hetero) is 1. The average Bonchev–Trinajstić information content (AvgIpc) is 2.73. The lowest BCUT2D eigenvalue weighted by Crippen LogP contribution is -2.35. The number of nitrogens with zero attached hydrogens (tertiary/aromatic N) is 1. The van der Waals surface area contributed by atoms with Gasteiger partial charge in [-0.3, -0.25) is 9.59 Å². The van der Waals surface area contributed by atoms with Gasteiger partial charge in [-0.05, 0) is 60.9 Å². The zero-order valence-electron chi connectivity index (χ0n) is 18.7. The number of ether oxygens (including phenoxy) is 1. The van der Waals surface area contributed by atoms with E-state index in [9.17, 15) is 14.4 Å². The zero-order chi connectivity index (χ0) is 24.2. The summed E-state index contributed by atoms with van der Waals surface area (Å²) in [6.45, 7) is 5.38. The molecule has 0 aromatic heterocycles. The van der Waals surface area contributed by atoms with Crippen molar-refractivity contribution >= 4 is 51.6 Å². The van der Waals surface area contributed by atoms with E-state index in [1.165, 1.54) is 4.90 Å². The molecule has 0 radical (unpaired) electrons. The maximum Gasteiger partial charge on any atom is 0.375 e. The highest BCUT2D eigenvalue weighted by Gasteiger charge is 2.27. The molecule has 3 rings (SSSR count). The second-order valence-electron chi connectivity index (χ2n) is 8.77. The van der Waals surface area contributed by atoms with Crippen LogP contribution in [-0.4, -0.2) is 28.2 Å². The Balaban J connectivity index is 1.84. The first-order valence-electron chi connectivity index (χ1n) is 10.5. The van der Waals surface area contributed by atoms with Crippen LogP contribution in [0.3, 0.4) is 0 Å². The molecule has 7 heteroatoms. The maximum absolute atomic E-state index is 13.1. The summed E-state index contributed by atoms with van der Waals surface area (Å²) in [4.78, 5) is 39.1. The van der Waals surface area contributed by atoms with Gasteiger partial charge in [0, 0.05) is 23.1 Å². The first-order valence-corrected chi connectivity index (χ1v) is 11.2. The van der Waals surface area contributed by atoms with Crippen LogP contribution < -0.4 is 0 Å². The number of esters is 1. The molecule has 0 aliphatic carbocycles. The van der Waals surface area contributed by atoms with Gasteiger partial charge in [0.2, 0.25) is 11.7 Å². The van der Waals surface area contributed by atoms with Crippen molar-refractivity contribution in [2.24, 2.45) is 0 Å². The number of amides is 1. The van der Waals surface area contributed by atoms with Crippen molar-refractivity contribution in [3.05, 3.63) is 81.8 Å². The smallest absolute Gasteiger partial charge is 0.375 e. The molecule has 0 heterocycles. The van der Waals surface area contributed by atoms with Crippen LogP contribution in [0.15, 0.2) is 60.7 Å². The highest BCUT2D eigenvalue weighted by Crippen LogP contribution is 2.24. The van der Waals surface area contributed by atoms with Gasteiger partial charge < -0.3 is 9.64 Å². The minimum atomic E-state index is -1.02. The van der Waals surface area contributed by atoms with E-state index in [-0.39, 0.29) is 13.1 Å². The molecular formula is C26H25Cl2NO4. The number of rotatable bonds is 7. The van der Waals surface area contributed by atoms with Crippen molar-refractivity contribution in [1.29, 1.82) is 0 Å². The number of benzene rings is 3. The summed E-state index contributed by atoms with van der Waals surface area (Å²) in [7, 11) is 0. The van der Waals surface area contributed by atoms with Crippen LogP contribution in [0, 0.1) is 0 Å². The van der Waals surface area contributed by atoms with E-state index in [4.69, 9.17) is 27.9 Å². The normalized spacial score (nSPS) is 11.3. The van der Waals surface area contributed by atoms with Gasteiger partial charge in [-0.25, -0.2) is 4.79 Å². The third kappa shape index (κ3) is 7.04. The van der Waals surface area contributed by atoms with Crippen molar-refractivity contribution in [3.63, 3.8) is 0 Å². The summed E-state index contributed by atoms with van der Waals surface area (Å²) in [6, 6.07) is 18.8. The molecular weight excluding hydrogens is 461 g/mol. The number of hydrogen-bond acceptors (Lipinski definition) is 4. The Labute approximate surface area is 203 Å². The van der Waals surface area contributed by atoms with E-state index in [0.717, 1.165) is 16.3 Å². The van der Waals surface area contributed by atoms with Crippen molar-refractivity contribution in [2.75, 3.05) is 0 Å². The largest absolute Gasteiger partial charge is 0.454 e. The molecule has 0 spiro atoms. The van der Waals surface area contributed by atoms with Crippen molar-refractivity contribution < 1.29 is 19.1 Å². The van der Waals surface area contributed by atoms with Crippen LogP contribution in [0.25, 0.3) is 10.8 Å². The number of halogens is 2. The molecule has 3 aromatic rings. The summed E-state index contributed by atoms with van der Waals surface area (Å²) >= 11 is 12.3. The number of hydrogen-bond donors (Lipinski definition) is 0. The summed E-state index contributed by atoms with van der Waals surface area (Å²) in [5, 5.41) is 3.02. The third-order valence-corrected chi connectivity index (χ3v) is 5.44. The van der Waals surface area contributed by atoms with Crippen LogP contribution in [-0.2, 0) is 32.2 Å². The van der Waals surface area contributed by atoms with Crippen LogP contribution in [0.5, 0.6) is 0 Å². The predicted molar refractivity (Wildman–Crippen MR) is 130 cm³/mol. The van der Waals surface area contributed by atoms with Gasteiger partial charge in [-0.1, -0.05) is 65.7 Å². The molecule has 0 bridgehead atoms. The average molecular weight is 486 g/mol. The Morgan fingerprint density at radius 1 is 0.879 bits per heavy atom. The van der Waals surface area contributed by atoms with E-state index in [0.29, 0.717) is 15.6 Å². The minimum absolute atomic E-state index is 0.156. The fourth-order valence-electron chi connectivity index (χ4n) is 3.30. The standard InChI is InChI=1S/C26H25Cl2NO4/c1-26(2,3)33-25(32)23(30)14-24(31)29(16-20-10-11-21(27)13-22(20)28)15-17-8-9-18-6-4-5-7-19(18)12-17/h4-13H,14-16H2,1-3H3. The summed E-state index contributed by atoms with van der Waals surface area (Å²) in [5.41, 5.74) is 0.744. The van der Waals surface area contributed by atoms with Gasteiger partial charge in [-0.15, -0.1) is 0 Å².